The molecule has 248 valence electrons. The van der Waals surface area contributed by atoms with Gasteiger partial charge in [0.15, 0.2) is 0 Å². The summed E-state index contributed by atoms with van der Waals surface area (Å²) in [7, 11) is -2.84. The molecule has 2 amide bonds. The summed E-state index contributed by atoms with van der Waals surface area (Å²) in [5.41, 5.74) is 3.87. The first kappa shape index (κ1) is 40.1. The van der Waals surface area contributed by atoms with Crippen LogP contribution in [0.5, 0.6) is 0 Å². The fourth-order valence-corrected chi connectivity index (χ4v) is 4.59. The van der Waals surface area contributed by atoms with Gasteiger partial charge < -0.3 is 30.6 Å². The molecule has 0 saturated carbocycles. The Morgan fingerprint density at radius 3 is 1.56 bits per heavy atom. The van der Waals surface area contributed by atoms with Gasteiger partial charge in [0, 0.05) is 19.1 Å². The number of carbonyl (C=O) groups excluding carboxylic acids is 3. The summed E-state index contributed by atoms with van der Waals surface area (Å²) in [5.74, 6) is -0.750. The maximum atomic E-state index is 12.8. The average Bonchev–Trinajstić information content (AvgIpc) is 2.81. The third kappa shape index (κ3) is 15.9. The van der Waals surface area contributed by atoms with Crippen LogP contribution in [0.4, 0.5) is 9.59 Å². The molecule has 13 heteroatoms. The fraction of sp³-hybridized carbons (Fsp3) is 0.700. The van der Waals surface area contributed by atoms with Crippen LogP contribution in [-0.4, -0.2) is 70.1 Å². The molecule has 1 aromatic rings. The molecule has 0 radical (unpaired) electrons. The third-order valence-electron chi connectivity index (χ3n) is 5.77. The van der Waals surface area contributed by atoms with Crippen molar-refractivity contribution >= 4 is 28.2 Å². The number of sulfonamides is 1. The van der Waals surface area contributed by atoms with Crippen LogP contribution in [0.3, 0.4) is 0 Å². The summed E-state index contributed by atoms with van der Waals surface area (Å²) in [6, 6.07) is 5.13. The zero-order valence-electron chi connectivity index (χ0n) is 28.1. The summed E-state index contributed by atoms with van der Waals surface area (Å²) in [4.78, 5) is 35.3. The van der Waals surface area contributed by atoms with Crippen LogP contribution in [0.1, 0.15) is 93.4 Å². The Morgan fingerprint density at radius 2 is 1.19 bits per heavy atom. The van der Waals surface area contributed by atoms with Crippen molar-refractivity contribution in [1.82, 2.24) is 15.4 Å². The lowest BCUT2D eigenvalue weighted by Crippen LogP contribution is -2.51. The minimum absolute atomic E-state index is 0.0638. The molecule has 5 N–H and O–H groups in total. The topological polar surface area (TPSA) is 175 Å². The molecule has 1 rings (SSSR count). The van der Waals surface area contributed by atoms with Crippen molar-refractivity contribution in [2.45, 2.75) is 111 Å². The van der Waals surface area contributed by atoms with Crippen LogP contribution < -0.4 is 21.1 Å². The largest absolute Gasteiger partial charge is 0.465 e. The molecular weight excluding hydrogens is 576 g/mol. The second-order valence-electron chi connectivity index (χ2n) is 14.2. The Morgan fingerprint density at radius 1 is 0.767 bits per heavy atom. The Hall–Kier alpha value is -2.90. The van der Waals surface area contributed by atoms with Crippen molar-refractivity contribution in [3.05, 3.63) is 29.8 Å². The molecular formula is C30H54N4O8S. The van der Waals surface area contributed by atoms with Gasteiger partial charge in [0.05, 0.1) is 23.6 Å². The zero-order chi connectivity index (χ0) is 34.0. The minimum Gasteiger partial charge on any atom is -0.465 e. The highest BCUT2D eigenvalue weighted by Crippen LogP contribution is 2.22. The molecule has 0 heterocycles. The van der Waals surface area contributed by atoms with E-state index >= 15 is 0 Å². The molecule has 1 aromatic carbocycles. The van der Waals surface area contributed by atoms with Crippen LogP contribution in [0.25, 0.3) is 0 Å². The number of hydrogen-bond acceptors (Lipinski definition) is 9. The van der Waals surface area contributed by atoms with E-state index in [4.69, 9.17) is 15.2 Å². The maximum Gasteiger partial charge on any atom is 0.407 e. The standard InChI is InChI=1S/C19H30N2O6S.C11H24N2O2/c1-18(2,3)15(21-17(23)27-19(4,5)6)12-20-28(24,25)14-11-9-8-10-13(14)16(22)26-7;1-10(2,3)8(7-12)13-9(14)15-11(4,5)6/h8-11,15,20H,12H2,1-7H3,(H,21,23);8H,7,12H2,1-6H3,(H,13,14)/t15-;8-/m11/s1. The summed E-state index contributed by atoms with van der Waals surface area (Å²) >= 11 is 0. The van der Waals surface area contributed by atoms with Crippen molar-refractivity contribution in [2.24, 2.45) is 16.6 Å². The van der Waals surface area contributed by atoms with Crippen LogP contribution in [0, 0.1) is 10.8 Å². The number of alkyl carbamates (subject to hydrolysis) is 2. The minimum atomic E-state index is -4.02. The van der Waals surface area contributed by atoms with Crippen molar-refractivity contribution in [3.63, 3.8) is 0 Å². The van der Waals surface area contributed by atoms with E-state index in [1.54, 1.807) is 26.8 Å². The number of esters is 1. The van der Waals surface area contributed by atoms with E-state index in [1.807, 2.05) is 62.3 Å². The molecule has 0 bridgehead atoms. The molecule has 0 unspecified atom stereocenters. The molecule has 0 aliphatic rings. The number of nitrogens with two attached hydrogens (primary N) is 1. The van der Waals surface area contributed by atoms with E-state index < -0.39 is 50.8 Å². The van der Waals surface area contributed by atoms with Gasteiger partial charge in [-0.05, 0) is 64.5 Å². The Bertz CT molecular complexity index is 1170. The monoisotopic (exact) mass is 630 g/mol. The first-order valence-corrected chi connectivity index (χ1v) is 15.6. The van der Waals surface area contributed by atoms with Gasteiger partial charge in [-0.15, -0.1) is 0 Å². The second-order valence-corrected chi connectivity index (χ2v) is 15.9. The highest BCUT2D eigenvalue weighted by atomic mass is 32.2. The van der Waals surface area contributed by atoms with Crippen molar-refractivity contribution in [2.75, 3.05) is 20.2 Å². The van der Waals surface area contributed by atoms with E-state index in [0.717, 1.165) is 0 Å². The van der Waals surface area contributed by atoms with Crippen molar-refractivity contribution in [1.29, 1.82) is 0 Å². The summed E-state index contributed by atoms with van der Waals surface area (Å²) < 4.78 is 43.0. The lowest BCUT2D eigenvalue weighted by molar-refractivity contribution is 0.0456. The summed E-state index contributed by atoms with van der Waals surface area (Å²) in [6.07, 6.45) is -1.05. The molecule has 0 fully saturated rings. The first-order valence-electron chi connectivity index (χ1n) is 14.1. The zero-order valence-corrected chi connectivity index (χ0v) is 28.9. The molecule has 12 nitrogen and oxygen atoms in total. The molecule has 0 aliphatic heterocycles. The van der Waals surface area contributed by atoms with Crippen molar-refractivity contribution < 1.29 is 37.0 Å². The Labute approximate surface area is 258 Å². The van der Waals surface area contributed by atoms with Crippen LogP contribution >= 0.6 is 0 Å². The number of hydrogen-bond donors (Lipinski definition) is 4. The number of methoxy groups -OCH3 is 1. The van der Waals surface area contributed by atoms with Crippen LogP contribution in [0.2, 0.25) is 0 Å². The van der Waals surface area contributed by atoms with Gasteiger partial charge in [0.25, 0.3) is 0 Å². The molecule has 43 heavy (non-hydrogen) atoms. The van der Waals surface area contributed by atoms with E-state index in [1.165, 1.54) is 25.3 Å². The van der Waals surface area contributed by atoms with E-state index in [2.05, 4.69) is 20.1 Å². The van der Waals surface area contributed by atoms with E-state index in [-0.39, 0.29) is 28.5 Å². The highest BCUT2D eigenvalue weighted by Gasteiger charge is 2.31. The average molecular weight is 631 g/mol. The van der Waals surface area contributed by atoms with Gasteiger partial charge >= 0.3 is 18.2 Å². The number of nitrogens with one attached hydrogen (secondary N) is 3. The second kappa shape index (κ2) is 15.7. The molecule has 0 aliphatic carbocycles. The summed E-state index contributed by atoms with van der Waals surface area (Å²) in [6.45, 7) is 22.7. The number of carbonyl (C=O) groups is 3. The summed E-state index contributed by atoms with van der Waals surface area (Å²) in [5, 5.41) is 5.48. The van der Waals surface area contributed by atoms with Gasteiger partial charge in [-0.1, -0.05) is 53.7 Å². The fourth-order valence-electron chi connectivity index (χ4n) is 3.35. The predicted octanol–water partition coefficient (Wildman–Crippen LogP) is 4.58. The Kier molecular flexibility index (Phi) is 14.7. The van der Waals surface area contributed by atoms with E-state index in [9.17, 15) is 22.8 Å². The van der Waals surface area contributed by atoms with Gasteiger partial charge in [-0.2, -0.15) is 0 Å². The van der Waals surface area contributed by atoms with E-state index in [0.29, 0.717) is 6.54 Å². The number of ether oxygens (including phenoxy) is 3. The maximum absolute atomic E-state index is 12.8. The molecule has 2 atom stereocenters. The van der Waals surface area contributed by atoms with Crippen LogP contribution in [-0.2, 0) is 24.2 Å². The third-order valence-corrected chi connectivity index (χ3v) is 7.25. The predicted molar refractivity (Wildman–Crippen MR) is 167 cm³/mol. The van der Waals surface area contributed by atoms with Gasteiger partial charge in [-0.25, -0.2) is 27.5 Å². The van der Waals surface area contributed by atoms with Gasteiger partial charge in [-0.3, -0.25) is 0 Å². The molecule has 0 aromatic heterocycles. The number of rotatable bonds is 8. The van der Waals surface area contributed by atoms with Crippen molar-refractivity contribution in [3.8, 4) is 0 Å². The smallest absolute Gasteiger partial charge is 0.407 e. The normalized spacial score (nSPS) is 13.9. The highest BCUT2D eigenvalue weighted by molar-refractivity contribution is 7.89. The molecule has 0 saturated heterocycles. The quantitative estimate of drug-likeness (QED) is 0.237. The number of amides is 2. The van der Waals surface area contributed by atoms with Crippen LogP contribution in [0.15, 0.2) is 29.2 Å². The Balaban J connectivity index is 0.000000994. The number of benzene rings is 1. The lowest BCUT2D eigenvalue weighted by Gasteiger charge is -2.32. The molecule has 0 spiro atoms. The lowest BCUT2D eigenvalue weighted by atomic mass is 9.87. The first-order chi connectivity index (χ1) is 19.2. The van der Waals surface area contributed by atoms with Gasteiger partial charge in [0.1, 0.15) is 11.2 Å². The van der Waals surface area contributed by atoms with Gasteiger partial charge in [0.2, 0.25) is 10.0 Å². The SMILES string of the molecule is CC(C)(C)OC(=O)N[C@H](CN)C(C)(C)C.COC(=O)c1ccccc1S(=O)(=O)NC[C@@H](NC(=O)OC(C)(C)C)C(C)(C)C.